The maximum atomic E-state index is 13.5. The van der Waals surface area contributed by atoms with Gasteiger partial charge in [0.15, 0.2) is 12.7 Å². The number of hydrogen-bond donors (Lipinski definition) is 1. The number of anilines is 1. The zero-order valence-corrected chi connectivity index (χ0v) is 19.1. The summed E-state index contributed by atoms with van der Waals surface area (Å²) < 4.78 is 10.6. The van der Waals surface area contributed by atoms with Gasteiger partial charge >= 0.3 is 5.97 Å². The van der Waals surface area contributed by atoms with E-state index in [1.54, 1.807) is 16.3 Å². The third kappa shape index (κ3) is 4.11. The number of epoxide rings is 1. The number of ether oxygens (including phenoxy) is 1. The quantitative estimate of drug-likeness (QED) is 0.433. The topological polar surface area (TPSA) is 79.0 Å². The Kier molecular flexibility index (Phi) is 5.62. The molecule has 0 spiro atoms. The predicted octanol–water partition coefficient (Wildman–Crippen LogP) is 1.21. The van der Waals surface area contributed by atoms with Crippen molar-refractivity contribution in [2.24, 2.45) is 0 Å². The first kappa shape index (κ1) is 21.0. The summed E-state index contributed by atoms with van der Waals surface area (Å²) in [6.45, 7) is 1.54. The number of aryl methyl sites for hydroxylation is 1. The van der Waals surface area contributed by atoms with Crippen LogP contribution in [-0.4, -0.2) is 35.4 Å². The zero-order chi connectivity index (χ0) is 22.2. The highest BCUT2D eigenvalue weighted by Gasteiger charge is 2.27. The third-order valence-corrected chi connectivity index (χ3v) is 7.93. The van der Waals surface area contributed by atoms with E-state index >= 15 is 0 Å². The lowest BCUT2D eigenvalue weighted by atomic mass is 10.3. The van der Waals surface area contributed by atoms with E-state index in [9.17, 15) is 9.59 Å². The van der Waals surface area contributed by atoms with Crippen molar-refractivity contribution in [2.75, 3.05) is 18.6 Å². The van der Waals surface area contributed by atoms with Gasteiger partial charge in [0.2, 0.25) is 5.69 Å². The van der Waals surface area contributed by atoms with Crippen LogP contribution in [0.25, 0.3) is 11.1 Å². The van der Waals surface area contributed by atoms with Crippen LogP contribution in [-0.2, 0) is 22.6 Å². The molecule has 1 N–H and O–H groups in total. The van der Waals surface area contributed by atoms with E-state index in [1.165, 1.54) is 11.3 Å². The van der Waals surface area contributed by atoms with Crippen molar-refractivity contribution in [2.45, 2.75) is 30.5 Å². The molecule has 1 unspecified atom stereocenters. The lowest BCUT2D eigenvalue weighted by Gasteiger charge is -2.11. The van der Waals surface area contributed by atoms with Crippen LogP contribution in [0, 0.1) is 0 Å². The van der Waals surface area contributed by atoms with Crippen molar-refractivity contribution in [1.82, 2.24) is 4.57 Å². The molecule has 3 aromatic rings. The van der Waals surface area contributed by atoms with Crippen LogP contribution in [0.3, 0.4) is 0 Å². The van der Waals surface area contributed by atoms with Crippen LogP contribution in [0.4, 0.5) is 5.69 Å². The molecular weight excluding hydrogens is 446 g/mol. The van der Waals surface area contributed by atoms with E-state index in [-0.39, 0.29) is 18.1 Å². The standard InChI is InChI=1S/C23H21N3O4S2/c1-24-17-7-2-3-8-18(17)31-23(24)21-22(29)26(13-16-14-30-16)19(32-21)12-15-6-4-5-10-25(15)11-9-20(27)28/h2-8,10,12,16H,9,11,13-14H2,1H3/p+1. The summed E-state index contributed by atoms with van der Waals surface area (Å²) in [5.74, 6) is -0.842. The summed E-state index contributed by atoms with van der Waals surface area (Å²) in [6, 6.07) is 13.9. The average Bonchev–Trinajstić information content (AvgIpc) is 3.49. The molecule has 2 aromatic heterocycles. The summed E-state index contributed by atoms with van der Waals surface area (Å²) in [5, 5.41) is 10.0. The van der Waals surface area contributed by atoms with Gasteiger partial charge in [0.1, 0.15) is 20.6 Å². The van der Waals surface area contributed by atoms with E-state index in [0.29, 0.717) is 24.2 Å². The SMILES string of the molecule is CN1C(=c2sc(=Cc3cccc[n+]3CCC(=O)O)n(CC3CO3)c2=O)Sc2ccccc21. The second-order valence-corrected chi connectivity index (χ2v) is 9.74. The molecule has 0 amide bonds. The van der Waals surface area contributed by atoms with Crippen LogP contribution >= 0.6 is 23.1 Å². The van der Waals surface area contributed by atoms with Gasteiger partial charge in [-0.15, -0.1) is 11.3 Å². The summed E-state index contributed by atoms with van der Waals surface area (Å²) in [7, 11) is 1.99. The average molecular weight is 469 g/mol. The van der Waals surface area contributed by atoms with Crippen molar-refractivity contribution < 1.29 is 19.2 Å². The highest BCUT2D eigenvalue weighted by molar-refractivity contribution is 8.08. The number of thioether (sulfide) groups is 1. The number of rotatable bonds is 6. The minimum atomic E-state index is -0.842. The number of pyridine rings is 1. The number of aromatic nitrogens is 2. The lowest BCUT2D eigenvalue weighted by Crippen LogP contribution is -2.39. The number of carbonyl (C=O) groups is 1. The first-order chi connectivity index (χ1) is 15.5. The van der Waals surface area contributed by atoms with Crippen molar-refractivity contribution >= 4 is 45.9 Å². The molecule has 1 saturated heterocycles. The zero-order valence-electron chi connectivity index (χ0n) is 17.4. The molecule has 1 aromatic carbocycles. The van der Waals surface area contributed by atoms with Crippen LogP contribution in [0.2, 0.25) is 0 Å². The normalized spacial score (nSPS) is 19.3. The van der Waals surface area contributed by atoms with Gasteiger partial charge in [-0.2, -0.15) is 4.57 Å². The van der Waals surface area contributed by atoms with Gasteiger partial charge in [0.25, 0.3) is 5.56 Å². The highest BCUT2D eigenvalue weighted by Crippen LogP contribution is 2.44. The Morgan fingerprint density at radius 2 is 2.06 bits per heavy atom. The van der Waals surface area contributed by atoms with Gasteiger partial charge in [-0.3, -0.25) is 14.2 Å². The van der Waals surface area contributed by atoms with Crippen LogP contribution in [0.5, 0.6) is 0 Å². The number of benzene rings is 1. The first-order valence-electron chi connectivity index (χ1n) is 10.3. The molecule has 1 atom stereocenters. The Morgan fingerprint density at radius 3 is 2.81 bits per heavy atom. The van der Waals surface area contributed by atoms with E-state index < -0.39 is 5.97 Å². The van der Waals surface area contributed by atoms with Gasteiger partial charge in [-0.05, 0) is 18.2 Å². The maximum Gasteiger partial charge on any atom is 0.309 e. The molecule has 0 saturated carbocycles. The Bertz CT molecular complexity index is 1370. The Labute approximate surface area is 192 Å². The lowest BCUT2D eigenvalue weighted by molar-refractivity contribution is -0.697. The summed E-state index contributed by atoms with van der Waals surface area (Å²) in [5.41, 5.74) is 1.93. The molecule has 164 valence electrons. The Hall–Kier alpha value is -2.88. The number of carboxylic acid groups (broad SMARTS) is 1. The fourth-order valence-corrected chi connectivity index (χ4v) is 6.09. The fraction of sp³-hybridized carbons (Fsp3) is 0.261. The van der Waals surface area contributed by atoms with Crippen molar-refractivity contribution in [3.63, 3.8) is 0 Å². The third-order valence-electron chi connectivity index (χ3n) is 5.45. The molecule has 0 radical (unpaired) electrons. The second-order valence-electron chi connectivity index (χ2n) is 7.68. The number of aliphatic carboxylic acids is 1. The molecule has 0 aliphatic carbocycles. The van der Waals surface area contributed by atoms with Crippen molar-refractivity contribution in [3.05, 3.63) is 73.9 Å². The first-order valence-corrected chi connectivity index (χ1v) is 11.9. The molecule has 7 nitrogen and oxygen atoms in total. The van der Waals surface area contributed by atoms with Crippen molar-refractivity contribution in [3.8, 4) is 0 Å². The maximum absolute atomic E-state index is 13.5. The van der Waals surface area contributed by atoms with Gasteiger partial charge < -0.3 is 14.7 Å². The van der Waals surface area contributed by atoms with Gasteiger partial charge in [0, 0.05) is 30.2 Å². The Morgan fingerprint density at radius 1 is 1.28 bits per heavy atom. The number of fused-ring (bicyclic) bond motifs is 1. The number of para-hydroxylation sites is 1. The largest absolute Gasteiger partial charge is 0.481 e. The molecule has 32 heavy (non-hydrogen) atoms. The minimum absolute atomic E-state index is 0.0214. The Balaban J connectivity index is 1.65. The van der Waals surface area contributed by atoms with E-state index in [1.807, 2.05) is 54.2 Å². The minimum Gasteiger partial charge on any atom is -0.481 e. The second kappa shape index (κ2) is 8.57. The number of nitrogens with zero attached hydrogens (tertiary/aromatic N) is 3. The summed E-state index contributed by atoms with van der Waals surface area (Å²) in [6.07, 6.45) is 3.92. The number of hydrogen-bond acceptors (Lipinski definition) is 6. The molecule has 9 heteroatoms. The molecule has 0 bridgehead atoms. The number of thiazole rings is 1. The summed E-state index contributed by atoms with van der Waals surface area (Å²) in [4.78, 5) is 27.7. The number of carboxylic acids is 1. The van der Waals surface area contributed by atoms with E-state index in [4.69, 9.17) is 9.84 Å². The van der Waals surface area contributed by atoms with Crippen LogP contribution < -0.4 is 24.2 Å². The van der Waals surface area contributed by atoms with Crippen LogP contribution in [0.15, 0.2) is 58.4 Å². The van der Waals surface area contributed by atoms with Gasteiger partial charge in [-0.25, -0.2) is 0 Å². The van der Waals surface area contributed by atoms with Gasteiger partial charge in [0.05, 0.1) is 24.9 Å². The van der Waals surface area contributed by atoms with Crippen molar-refractivity contribution in [1.29, 1.82) is 0 Å². The monoisotopic (exact) mass is 468 g/mol. The molecule has 1 fully saturated rings. The highest BCUT2D eigenvalue weighted by atomic mass is 32.2. The van der Waals surface area contributed by atoms with Gasteiger partial charge in [-0.1, -0.05) is 23.9 Å². The van der Waals surface area contributed by atoms with Crippen LogP contribution in [0.1, 0.15) is 12.1 Å². The molecule has 5 rings (SSSR count). The smallest absolute Gasteiger partial charge is 0.309 e. The fourth-order valence-electron chi connectivity index (χ4n) is 3.69. The molecule has 2 aliphatic rings. The predicted molar refractivity (Wildman–Crippen MR) is 124 cm³/mol. The van der Waals surface area contributed by atoms with E-state index in [2.05, 4.69) is 17.0 Å². The summed E-state index contributed by atoms with van der Waals surface area (Å²) >= 11 is 3.08. The molecule has 4 heterocycles. The van der Waals surface area contributed by atoms with E-state index in [0.717, 1.165) is 26.0 Å². The molecular formula is C23H22N3O4S2+. The molecule has 2 aliphatic heterocycles.